The van der Waals surface area contributed by atoms with E-state index in [-0.39, 0.29) is 4.90 Å². The molecule has 4 rings (SSSR count). The van der Waals surface area contributed by atoms with Gasteiger partial charge in [0.25, 0.3) is 10.0 Å². The first-order chi connectivity index (χ1) is 17.9. The third-order valence-corrected chi connectivity index (χ3v) is 8.82. The Kier molecular flexibility index (Phi) is 9.32. The first kappa shape index (κ1) is 27.3. The molecule has 0 aliphatic heterocycles. The summed E-state index contributed by atoms with van der Waals surface area (Å²) in [5, 5.41) is 3.76. The molecule has 2 amide bonds. The monoisotopic (exact) mass is 540 g/mol. The minimum Gasteiger partial charge on any atom is -0.337 e. The molecular formula is C28H36N4O3S2. The number of benzene rings is 2. The predicted molar refractivity (Wildman–Crippen MR) is 149 cm³/mol. The second-order valence-electron chi connectivity index (χ2n) is 9.59. The van der Waals surface area contributed by atoms with Crippen molar-refractivity contribution in [3.8, 4) is 11.1 Å². The molecule has 1 heterocycles. The lowest BCUT2D eigenvalue weighted by atomic mass is 9.89. The van der Waals surface area contributed by atoms with Gasteiger partial charge in [0.05, 0.1) is 4.90 Å². The van der Waals surface area contributed by atoms with Gasteiger partial charge in [-0.3, -0.25) is 0 Å². The third-order valence-electron chi connectivity index (χ3n) is 6.82. The van der Waals surface area contributed by atoms with Crippen LogP contribution in [0.4, 0.5) is 4.79 Å². The van der Waals surface area contributed by atoms with Crippen molar-refractivity contribution in [1.29, 1.82) is 0 Å². The van der Waals surface area contributed by atoms with Gasteiger partial charge >= 0.3 is 6.03 Å². The molecule has 0 unspecified atom stereocenters. The molecule has 0 saturated heterocycles. The van der Waals surface area contributed by atoms with E-state index in [0.29, 0.717) is 24.6 Å². The molecular weight excluding hydrogens is 504 g/mol. The van der Waals surface area contributed by atoms with E-state index in [1.807, 2.05) is 30.5 Å². The van der Waals surface area contributed by atoms with Crippen LogP contribution in [0.25, 0.3) is 11.1 Å². The molecule has 1 aromatic heterocycles. The van der Waals surface area contributed by atoms with E-state index in [4.69, 9.17) is 4.98 Å². The number of carbonyl (C=O) groups excluding carboxylic acids is 1. The van der Waals surface area contributed by atoms with E-state index in [1.54, 1.807) is 30.0 Å². The lowest BCUT2D eigenvalue weighted by molar-refractivity contribution is 0.241. The Hall–Kier alpha value is -2.78. The van der Waals surface area contributed by atoms with Crippen molar-refractivity contribution in [3.05, 3.63) is 66.1 Å². The second kappa shape index (κ2) is 12.6. The van der Waals surface area contributed by atoms with Crippen molar-refractivity contribution in [2.24, 2.45) is 5.92 Å². The highest BCUT2D eigenvalue weighted by molar-refractivity contribution is 7.98. The van der Waals surface area contributed by atoms with Crippen LogP contribution in [0.1, 0.15) is 56.8 Å². The van der Waals surface area contributed by atoms with Gasteiger partial charge in [-0.05, 0) is 48.6 Å². The van der Waals surface area contributed by atoms with Crippen molar-refractivity contribution in [1.82, 2.24) is 19.6 Å². The largest absolute Gasteiger partial charge is 0.337 e. The maximum Gasteiger partial charge on any atom is 0.328 e. The van der Waals surface area contributed by atoms with Gasteiger partial charge in [-0.1, -0.05) is 68.7 Å². The van der Waals surface area contributed by atoms with Gasteiger partial charge in [0.2, 0.25) is 0 Å². The minimum atomic E-state index is -4.04. The molecule has 2 aromatic carbocycles. The Labute approximate surface area is 224 Å². The summed E-state index contributed by atoms with van der Waals surface area (Å²) >= 11 is 1.63. The Morgan fingerprint density at radius 3 is 2.51 bits per heavy atom. The molecule has 0 atom stereocenters. The van der Waals surface area contributed by atoms with Gasteiger partial charge in [-0.25, -0.2) is 22.9 Å². The molecule has 198 valence electrons. The van der Waals surface area contributed by atoms with Gasteiger partial charge in [-0.15, -0.1) is 11.8 Å². The number of nitrogens with one attached hydrogen (secondary N) is 2. The highest BCUT2D eigenvalue weighted by Crippen LogP contribution is 2.28. The summed E-state index contributed by atoms with van der Waals surface area (Å²) in [4.78, 5) is 17.2. The fourth-order valence-corrected chi connectivity index (χ4v) is 6.44. The van der Waals surface area contributed by atoms with Gasteiger partial charge in [0.15, 0.2) is 0 Å². The average molecular weight is 541 g/mol. The number of nitrogens with zero attached hydrogens (tertiary/aromatic N) is 2. The molecule has 0 bridgehead atoms. The number of aromatic nitrogens is 2. The molecule has 0 radical (unpaired) electrons. The molecule has 9 heteroatoms. The topological polar surface area (TPSA) is 93.1 Å². The summed E-state index contributed by atoms with van der Waals surface area (Å²) in [7, 11) is -4.04. The molecule has 1 saturated carbocycles. The average Bonchev–Trinajstić information content (AvgIpc) is 3.30. The van der Waals surface area contributed by atoms with E-state index in [9.17, 15) is 13.2 Å². The SMILES string of the molecule is CCCc1nc(SC)cn1Cc1ccc(-c2ccccc2S(=O)(=O)NC(=O)NCC2CCCCC2)cc1. The van der Waals surface area contributed by atoms with Crippen molar-refractivity contribution in [2.75, 3.05) is 12.8 Å². The van der Waals surface area contributed by atoms with Crippen molar-refractivity contribution in [2.45, 2.75) is 68.3 Å². The molecule has 1 aliphatic rings. The molecule has 2 N–H and O–H groups in total. The van der Waals surface area contributed by atoms with Gasteiger partial charge in [-0.2, -0.15) is 0 Å². The highest BCUT2D eigenvalue weighted by Gasteiger charge is 2.22. The number of carbonyl (C=O) groups is 1. The van der Waals surface area contributed by atoms with Crippen molar-refractivity contribution in [3.63, 3.8) is 0 Å². The van der Waals surface area contributed by atoms with Crippen LogP contribution >= 0.6 is 11.8 Å². The zero-order valence-electron chi connectivity index (χ0n) is 21.6. The standard InChI is InChI=1S/C28H36N4O3S2/c1-3-9-26-30-27(36-2)20-32(26)19-22-14-16-23(17-15-22)24-12-7-8-13-25(24)37(34,35)31-28(33)29-18-21-10-5-4-6-11-21/h7-8,12-17,20-21H,3-6,9-11,18-19H2,1-2H3,(H2,29,31,33). The normalized spacial score (nSPS) is 14.4. The van der Waals surface area contributed by atoms with Gasteiger partial charge in [0.1, 0.15) is 10.9 Å². The van der Waals surface area contributed by atoms with Crippen molar-refractivity contribution < 1.29 is 13.2 Å². The van der Waals surface area contributed by atoms with Crippen LogP contribution in [0.2, 0.25) is 0 Å². The summed E-state index contributed by atoms with van der Waals surface area (Å²) in [6, 6.07) is 14.0. The summed E-state index contributed by atoms with van der Waals surface area (Å²) in [6.07, 6.45) is 11.8. The molecule has 37 heavy (non-hydrogen) atoms. The molecule has 3 aromatic rings. The Morgan fingerprint density at radius 2 is 1.81 bits per heavy atom. The first-order valence-electron chi connectivity index (χ1n) is 13.0. The van der Waals surface area contributed by atoms with E-state index in [2.05, 4.69) is 27.7 Å². The molecule has 7 nitrogen and oxygen atoms in total. The van der Waals surface area contributed by atoms with E-state index >= 15 is 0 Å². The van der Waals surface area contributed by atoms with Crippen molar-refractivity contribution >= 4 is 27.8 Å². The Bertz CT molecular complexity index is 1300. The van der Waals surface area contributed by atoms with Crippen LogP contribution in [-0.2, 0) is 23.0 Å². The number of aryl methyl sites for hydroxylation is 1. The number of imidazole rings is 1. The van der Waals surface area contributed by atoms with E-state index in [0.717, 1.165) is 47.7 Å². The van der Waals surface area contributed by atoms with Gasteiger partial charge in [0, 0.05) is 31.3 Å². The maximum absolute atomic E-state index is 13.1. The fraction of sp³-hybridized carbons (Fsp3) is 0.429. The van der Waals surface area contributed by atoms with Crippen LogP contribution in [0.5, 0.6) is 0 Å². The number of hydrogen-bond acceptors (Lipinski definition) is 5. The Balaban J connectivity index is 1.47. The third kappa shape index (κ3) is 7.17. The van der Waals surface area contributed by atoms with Crippen LogP contribution in [0.15, 0.2) is 64.6 Å². The number of urea groups is 1. The molecule has 0 spiro atoms. The quantitative estimate of drug-likeness (QED) is 0.315. The minimum absolute atomic E-state index is 0.0834. The number of rotatable bonds is 10. The fourth-order valence-electron chi connectivity index (χ4n) is 4.85. The summed E-state index contributed by atoms with van der Waals surface area (Å²) in [6.45, 7) is 3.35. The predicted octanol–water partition coefficient (Wildman–Crippen LogP) is 5.84. The second-order valence-corrected chi connectivity index (χ2v) is 12.1. The van der Waals surface area contributed by atoms with Crippen LogP contribution in [0.3, 0.4) is 0 Å². The van der Waals surface area contributed by atoms with Crippen LogP contribution < -0.4 is 10.0 Å². The maximum atomic E-state index is 13.1. The number of sulfonamides is 1. The number of amides is 2. The smallest absolute Gasteiger partial charge is 0.328 e. The zero-order valence-corrected chi connectivity index (χ0v) is 23.2. The van der Waals surface area contributed by atoms with E-state index in [1.165, 1.54) is 25.3 Å². The van der Waals surface area contributed by atoms with Crippen LogP contribution in [-0.4, -0.2) is 36.8 Å². The first-order valence-corrected chi connectivity index (χ1v) is 15.7. The highest BCUT2D eigenvalue weighted by atomic mass is 32.2. The summed E-state index contributed by atoms with van der Waals surface area (Å²) < 4.78 is 30.7. The number of thioether (sulfide) groups is 1. The van der Waals surface area contributed by atoms with E-state index < -0.39 is 16.1 Å². The Morgan fingerprint density at radius 1 is 1.08 bits per heavy atom. The lowest BCUT2D eigenvalue weighted by Crippen LogP contribution is -2.41. The molecule has 1 fully saturated rings. The lowest BCUT2D eigenvalue weighted by Gasteiger charge is -2.21. The zero-order chi connectivity index (χ0) is 26.3. The number of hydrogen-bond donors (Lipinski definition) is 2. The summed E-state index contributed by atoms with van der Waals surface area (Å²) in [5.74, 6) is 1.49. The molecule has 1 aliphatic carbocycles. The van der Waals surface area contributed by atoms with Crippen LogP contribution in [0, 0.1) is 5.92 Å². The van der Waals surface area contributed by atoms with Gasteiger partial charge < -0.3 is 9.88 Å². The summed E-state index contributed by atoms with van der Waals surface area (Å²) in [5.41, 5.74) is 2.43.